The molecule has 2 unspecified atom stereocenters. The summed E-state index contributed by atoms with van der Waals surface area (Å²) in [6.07, 6.45) is 64.5. The molecule has 0 heterocycles. The largest absolute Gasteiger partial charge is 0.466 e. The van der Waals surface area contributed by atoms with Gasteiger partial charge in [-0.25, -0.2) is 0 Å². The van der Waals surface area contributed by atoms with Gasteiger partial charge in [-0.1, -0.05) is 244 Å². The van der Waals surface area contributed by atoms with Gasteiger partial charge in [-0.15, -0.1) is 0 Å². The van der Waals surface area contributed by atoms with Crippen molar-refractivity contribution in [1.29, 1.82) is 0 Å². The predicted molar refractivity (Wildman–Crippen MR) is 278 cm³/mol. The van der Waals surface area contributed by atoms with Crippen LogP contribution in [0.4, 0.5) is 0 Å². The van der Waals surface area contributed by atoms with Gasteiger partial charge in [-0.05, 0) is 77.0 Å². The van der Waals surface area contributed by atoms with Crippen molar-refractivity contribution >= 4 is 11.9 Å². The number of aliphatic hydroxyl groups is 2. The molecule has 3 N–H and O–H groups in total. The number of allylic oxidation sites excluding steroid dienone is 4. The first-order valence-corrected chi connectivity index (χ1v) is 28.6. The number of ether oxygens (including phenoxy) is 1. The lowest BCUT2D eigenvalue weighted by Gasteiger charge is -2.22. The fourth-order valence-corrected chi connectivity index (χ4v) is 8.81. The van der Waals surface area contributed by atoms with Crippen LogP contribution in [-0.4, -0.2) is 47.4 Å². The van der Waals surface area contributed by atoms with E-state index in [1.807, 2.05) is 0 Å². The average Bonchev–Trinajstić information content (AvgIpc) is 3.29. The van der Waals surface area contributed by atoms with E-state index < -0.39 is 12.1 Å². The van der Waals surface area contributed by atoms with Crippen molar-refractivity contribution < 1.29 is 24.5 Å². The van der Waals surface area contributed by atoms with E-state index in [0.717, 1.165) is 77.0 Å². The Labute approximate surface area is 399 Å². The third-order valence-electron chi connectivity index (χ3n) is 13.2. The van der Waals surface area contributed by atoms with Crippen molar-refractivity contribution in [2.24, 2.45) is 0 Å². The maximum atomic E-state index is 12.5. The van der Waals surface area contributed by atoms with Crippen molar-refractivity contribution in [3.05, 3.63) is 24.3 Å². The number of unbranched alkanes of at least 4 members (excludes halogenated alkanes) is 38. The number of amides is 1. The zero-order chi connectivity index (χ0) is 46.5. The summed E-state index contributed by atoms with van der Waals surface area (Å²) in [4.78, 5) is 24.5. The zero-order valence-corrected chi connectivity index (χ0v) is 43.0. The van der Waals surface area contributed by atoms with Gasteiger partial charge in [0.2, 0.25) is 5.91 Å². The quantitative estimate of drug-likeness (QED) is 0.0321. The molecule has 0 aliphatic heterocycles. The Kier molecular flexibility index (Phi) is 52.6. The normalized spacial score (nSPS) is 12.8. The second-order valence-electron chi connectivity index (χ2n) is 19.6. The van der Waals surface area contributed by atoms with Crippen molar-refractivity contribution in [2.75, 3.05) is 13.2 Å². The molecule has 0 aromatic carbocycles. The summed E-state index contributed by atoms with van der Waals surface area (Å²) in [6, 6.07) is -0.568. The molecule has 6 heteroatoms. The lowest BCUT2D eigenvalue weighted by atomic mass is 10.0. The molecule has 0 bridgehead atoms. The lowest BCUT2D eigenvalue weighted by molar-refractivity contribution is -0.143. The summed E-state index contributed by atoms with van der Waals surface area (Å²) < 4.78 is 5.45. The monoisotopic (exact) mass is 902 g/mol. The molecule has 0 fully saturated rings. The van der Waals surface area contributed by atoms with Crippen LogP contribution in [-0.2, 0) is 14.3 Å². The van der Waals surface area contributed by atoms with E-state index in [-0.39, 0.29) is 18.5 Å². The van der Waals surface area contributed by atoms with E-state index in [4.69, 9.17) is 4.74 Å². The summed E-state index contributed by atoms with van der Waals surface area (Å²) in [5.41, 5.74) is 0. The molecule has 0 saturated heterocycles. The van der Waals surface area contributed by atoms with Gasteiger partial charge in [-0.3, -0.25) is 9.59 Å². The molecule has 0 spiro atoms. The second-order valence-corrected chi connectivity index (χ2v) is 19.6. The van der Waals surface area contributed by atoms with Gasteiger partial charge < -0.3 is 20.3 Å². The highest BCUT2D eigenvalue weighted by atomic mass is 16.5. The number of hydrogen-bond donors (Lipinski definition) is 3. The first kappa shape index (κ1) is 62.3. The number of nitrogens with one attached hydrogen (secondary N) is 1. The SMILES string of the molecule is CCCCCCCC/C=C\CCCCCCCCCC(=O)OCCCC/C=C\CCCCCCC(=O)NC(CO)C(O)CCCCCCCCCCCCCCCCCCCCCC. The zero-order valence-electron chi connectivity index (χ0n) is 43.0. The van der Waals surface area contributed by atoms with Crippen LogP contribution in [0.15, 0.2) is 24.3 Å². The van der Waals surface area contributed by atoms with Crippen LogP contribution >= 0.6 is 0 Å². The Balaban J connectivity index is 3.51. The molecule has 64 heavy (non-hydrogen) atoms. The highest BCUT2D eigenvalue weighted by molar-refractivity contribution is 5.76. The van der Waals surface area contributed by atoms with Crippen molar-refractivity contribution in [1.82, 2.24) is 5.32 Å². The molecule has 0 saturated carbocycles. The number of rotatable bonds is 53. The smallest absolute Gasteiger partial charge is 0.305 e. The van der Waals surface area contributed by atoms with Gasteiger partial charge in [-0.2, -0.15) is 0 Å². The summed E-state index contributed by atoms with van der Waals surface area (Å²) in [6.45, 7) is 4.88. The molecular weight excluding hydrogens is 791 g/mol. The molecular formula is C58H111NO5. The molecule has 0 radical (unpaired) electrons. The Morgan fingerprint density at radius 1 is 0.422 bits per heavy atom. The molecule has 0 aliphatic carbocycles. The van der Waals surface area contributed by atoms with Crippen LogP contribution in [0.3, 0.4) is 0 Å². The fraction of sp³-hybridized carbons (Fsp3) is 0.897. The second kappa shape index (κ2) is 54.0. The first-order valence-electron chi connectivity index (χ1n) is 28.6. The van der Waals surface area contributed by atoms with Crippen LogP contribution < -0.4 is 5.32 Å². The first-order chi connectivity index (χ1) is 31.5. The standard InChI is InChI=1S/C58H111NO5/c1-3-5-7-9-11-13-15-17-19-21-22-23-25-26-28-30-34-38-42-46-50-56(61)55(54-60)59-57(62)51-47-43-39-35-32-33-37-41-45-49-53-64-58(63)52-48-44-40-36-31-29-27-24-20-18-16-14-12-10-8-6-4-2/h18,20,33,37,55-56,60-61H,3-17,19,21-32,34-36,38-54H2,1-2H3,(H,59,62)/b20-18-,37-33-. The molecule has 6 nitrogen and oxygen atoms in total. The molecule has 1 amide bonds. The average molecular weight is 903 g/mol. The molecule has 2 atom stereocenters. The Morgan fingerprint density at radius 2 is 0.734 bits per heavy atom. The molecule has 0 aromatic heterocycles. The molecule has 0 aliphatic rings. The van der Waals surface area contributed by atoms with Gasteiger partial charge in [0.25, 0.3) is 0 Å². The van der Waals surface area contributed by atoms with Crippen LogP contribution in [0.1, 0.15) is 309 Å². The minimum atomic E-state index is -0.687. The van der Waals surface area contributed by atoms with E-state index >= 15 is 0 Å². The maximum absolute atomic E-state index is 12.5. The Hall–Kier alpha value is -1.66. The highest BCUT2D eigenvalue weighted by Crippen LogP contribution is 2.17. The van der Waals surface area contributed by atoms with Crippen LogP contribution in [0.5, 0.6) is 0 Å². The minimum Gasteiger partial charge on any atom is -0.466 e. The van der Waals surface area contributed by atoms with Gasteiger partial charge in [0.1, 0.15) is 0 Å². The molecule has 0 rings (SSSR count). The Bertz CT molecular complexity index is 997. The maximum Gasteiger partial charge on any atom is 0.305 e. The molecule has 0 aromatic rings. The number of esters is 1. The van der Waals surface area contributed by atoms with Crippen molar-refractivity contribution in [3.8, 4) is 0 Å². The number of aliphatic hydroxyl groups excluding tert-OH is 2. The molecule has 378 valence electrons. The number of carbonyl (C=O) groups excluding carboxylic acids is 2. The number of hydrogen-bond acceptors (Lipinski definition) is 5. The van der Waals surface area contributed by atoms with Gasteiger partial charge in [0.15, 0.2) is 0 Å². The summed E-state index contributed by atoms with van der Waals surface area (Å²) in [5.74, 6) is -0.108. The van der Waals surface area contributed by atoms with E-state index in [1.165, 1.54) is 199 Å². The predicted octanol–water partition coefficient (Wildman–Crippen LogP) is 17.5. The van der Waals surface area contributed by atoms with Crippen LogP contribution in [0.25, 0.3) is 0 Å². The third-order valence-corrected chi connectivity index (χ3v) is 13.2. The van der Waals surface area contributed by atoms with Crippen molar-refractivity contribution in [2.45, 2.75) is 321 Å². The third kappa shape index (κ3) is 49.8. The van der Waals surface area contributed by atoms with Gasteiger partial charge >= 0.3 is 5.97 Å². The van der Waals surface area contributed by atoms with E-state index in [9.17, 15) is 19.8 Å². The minimum absolute atomic E-state index is 0.0390. The van der Waals surface area contributed by atoms with Gasteiger partial charge in [0, 0.05) is 12.8 Å². The van der Waals surface area contributed by atoms with E-state index in [2.05, 4.69) is 43.5 Å². The highest BCUT2D eigenvalue weighted by Gasteiger charge is 2.20. The summed E-state index contributed by atoms with van der Waals surface area (Å²) >= 11 is 0. The van der Waals surface area contributed by atoms with E-state index in [1.54, 1.807) is 0 Å². The summed E-state index contributed by atoms with van der Waals surface area (Å²) in [5, 5.41) is 23.3. The van der Waals surface area contributed by atoms with Crippen molar-refractivity contribution in [3.63, 3.8) is 0 Å². The van der Waals surface area contributed by atoms with E-state index in [0.29, 0.717) is 25.9 Å². The van der Waals surface area contributed by atoms with Crippen LogP contribution in [0.2, 0.25) is 0 Å². The summed E-state index contributed by atoms with van der Waals surface area (Å²) in [7, 11) is 0. The van der Waals surface area contributed by atoms with Gasteiger partial charge in [0.05, 0.1) is 25.4 Å². The lowest BCUT2D eigenvalue weighted by Crippen LogP contribution is -2.45. The Morgan fingerprint density at radius 3 is 1.11 bits per heavy atom. The number of carbonyl (C=O) groups is 2. The topological polar surface area (TPSA) is 95.9 Å². The van der Waals surface area contributed by atoms with Crippen LogP contribution in [0, 0.1) is 0 Å². The fourth-order valence-electron chi connectivity index (χ4n) is 8.81.